The smallest absolute Gasteiger partial charge is 0.332 e. The third-order valence-corrected chi connectivity index (χ3v) is 12.0. The molecular weight excluding hydrogens is 701 g/mol. The highest BCUT2D eigenvalue weighted by atomic mass is 33.1. The number of carbonyl (C=O) groups is 2. The van der Waals surface area contributed by atoms with Gasteiger partial charge in [-0.1, -0.05) is 21.6 Å². The zero-order chi connectivity index (χ0) is 37.8. The highest BCUT2D eigenvalue weighted by Gasteiger charge is 2.29. The molecule has 0 aliphatic heterocycles. The number of aliphatic hydroxyl groups is 2. The normalized spacial score (nSPS) is 13.5. The van der Waals surface area contributed by atoms with Crippen molar-refractivity contribution in [2.75, 3.05) is 24.7 Å². The molecule has 2 amide bonds. The van der Waals surface area contributed by atoms with E-state index in [1.807, 2.05) is 13.8 Å². The molecule has 0 radical (unpaired) electrons. The highest BCUT2D eigenvalue weighted by molar-refractivity contribution is 8.77. The van der Waals surface area contributed by atoms with E-state index in [1.54, 1.807) is 43.1 Å². The Bertz CT molecular complexity index is 1800. The first-order chi connectivity index (χ1) is 24.3. The molecule has 0 bridgehead atoms. The zero-order valence-electron chi connectivity index (χ0n) is 29.5. The van der Waals surface area contributed by atoms with Crippen molar-refractivity contribution in [3.63, 3.8) is 0 Å². The molecule has 0 spiro atoms. The molecule has 4 unspecified atom stereocenters. The van der Waals surface area contributed by atoms with Gasteiger partial charge in [-0.3, -0.25) is 23.5 Å². The third kappa shape index (κ3) is 10.5. The van der Waals surface area contributed by atoms with E-state index in [2.05, 4.69) is 29.9 Å². The summed E-state index contributed by atoms with van der Waals surface area (Å²) in [6.45, 7) is 7.66. The van der Waals surface area contributed by atoms with Gasteiger partial charge in [-0.15, -0.1) is 0 Å². The van der Waals surface area contributed by atoms with Crippen LogP contribution in [-0.2, 0) is 36.8 Å². The second-order valence-electron chi connectivity index (χ2n) is 11.8. The number of anilines is 2. The van der Waals surface area contributed by atoms with Crippen molar-refractivity contribution >= 4 is 57.2 Å². The monoisotopic (exact) mass is 746 g/mol. The number of fused-ring (bicyclic) bond motifs is 1. The van der Waals surface area contributed by atoms with Crippen molar-refractivity contribution in [1.82, 2.24) is 48.8 Å². The molecule has 4 heterocycles. The molecule has 0 saturated heterocycles. The lowest BCUT2D eigenvalue weighted by Crippen LogP contribution is -2.41. The van der Waals surface area contributed by atoms with Crippen molar-refractivity contribution < 1.29 is 19.8 Å². The molecule has 4 aromatic heterocycles. The molecule has 7 N–H and O–H groups in total. The number of aromatic nitrogens is 8. The van der Waals surface area contributed by atoms with Crippen LogP contribution < -0.4 is 22.7 Å². The number of hydrogen-bond donors (Lipinski definition) is 5. The van der Waals surface area contributed by atoms with E-state index < -0.39 is 0 Å². The van der Waals surface area contributed by atoms with Crippen molar-refractivity contribution in [2.24, 2.45) is 14.1 Å². The summed E-state index contributed by atoms with van der Waals surface area (Å²) in [6.07, 6.45) is 7.03. The number of rotatable bonds is 17. The lowest BCUT2D eigenvalue weighted by Gasteiger charge is -2.35. The van der Waals surface area contributed by atoms with E-state index >= 15 is 0 Å². The van der Waals surface area contributed by atoms with E-state index in [4.69, 9.17) is 11.5 Å². The molecule has 0 aromatic carbocycles. The van der Waals surface area contributed by atoms with Gasteiger partial charge in [-0.25, -0.2) is 29.7 Å². The van der Waals surface area contributed by atoms with Gasteiger partial charge in [0.05, 0.1) is 19.4 Å². The largest absolute Gasteiger partial charge is 0.396 e. The molecule has 4 atom stereocenters. The second-order valence-corrected chi connectivity index (χ2v) is 14.5. The van der Waals surface area contributed by atoms with Gasteiger partial charge in [0.15, 0.2) is 5.65 Å². The summed E-state index contributed by atoms with van der Waals surface area (Å²) in [5.41, 5.74) is 13.3. The van der Waals surface area contributed by atoms with E-state index in [0.29, 0.717) is 58.4 Å². The summed E-state index contributed by atoms with van der Waals surface area (Å²) in [6, 6.07) is -0.510. The van der Waals surface area contributed by atoms with Crippen LogP contribution in [0.15, 0.2) is 28.3 Å². The summed E-state index contributed by atoms with van der Waals surface area (Å²) >= 11 is 0. The Hall–Kier alpha value is -4.53. The van der Waals surface area contributed by atoms with Gasteiger partial charge in [-0.2, -0.15) is 0 Å². The molecule has 20 heteroatoms. The minimum atomic E-state index is -0.371. The Labute approximate surface area is 302 Å². The predicted octanol–water partition coefficient (Wildman–Crippen LogP) is 0.286. The average Bonchev–Trinajstić information content (AvgIpc) is 3.61. The van der Waals surface area contributed by atoms with Crippen LogP contribution in [0.3, 0.4) is 0 Å². The fourth-order valence-corrected chi connectivity index (χ4v) is 8.77. The maximum atomic E-state index is 12.0. The summed E-state index contributed by atoms with van der Waals surface area (Å²) in [5, 5.41) is 19.2. The van der Waals surface area contributed by atoms with Crippen LogP contribution in [0.2, 0.25) is 0 Å². The molecule has 0 saturated carbocycles. The van der Waals surface area contributed by atoms with Gasteiger partial charge < -0.3 is 36.5 Å². The molecular formula is C31H46N12O6S2. The van der Waals surface area contributed by atoms with Crippen LogP contribution in [0.25, 0.3) is 11.2 Å². The number of H-pyrrole nitrogens is 1. The van der Waals surface area contributed by atoms with E-state index in [-0.39, 0.29) is 60.1 Å². The van der Waals surface area contributed by atoms with Crippen molar-refractivity contribution in [2.45, 2.75) is 76.2 Å². The SMILES string of the molecule is Cc1ncc(CN(C=O)C(C)C(CCO)SSC(CCO)C(C)N(C=O)Cc2cnc(C)nc2N)c(N)n1.Cn1c(=O)c2[nH]cnc2n(C)c1=O. The van der Waals surface area contributed by atoms with E-state index in [0.717, 1.165) is 17.4 Å². The van der Waals surface area contributed by atoms with Crippen LogP contribution in [0.1, 0.15) is 49.5 Å². The molecule has 4 rings (SSSR count). The second kappa shape index (κ2) is 19.2. The lowest BCUT2D eigenvalue weighted by molar-refractivity contribution is -0.121. The van der Waals surface area contributed by atoms with Gasteiger partial charge in [0.1, 0.15) is 28.8 Å². The summed E-state index contributed by atoms with van der Waals surface area (Å²) in [4.78, 5) is 73.3. The fourth-order valence-electron chi connectivity index (χ4n) is 5.05. The molecule has 0 aliphatic carbocycles. The maximum absolute atomic E-state index is 12.0. The Balaban J connectivity index is 0.000000446. The minimum Gasteiger partial charge on any atom is -0.396 e. The van der Waals surface area contributed by atoms with Crippen LogP contribution in [0.4, 0.5) is 11.6 Å². The fraction of sp³-hybridized carbons (Fsp3) is 0.516. The summed E-state index contributed by atoms with van der Waals surface area (Å²) in [7, 11) is 6.05. The van der Waals surface area contributed by atoms with Gasteiger partial charge in [0, 0.05) is 73.4 Å². The molecule has 0 aliphatic rings. The number of aromatic amines is 1. The van der Waals surface area contributed by atoms with Crippen LogP contribution >= 0.6 is 21.6 Å². The number of imidazole rings is 1. The number of nitrogens with two attached hydrogens (primary N) is 2. The number of nitrogens with one attached hydrogen (secondary N) is 1. The third-order valence-electron chi connectivity index (χ3n) is 8.30. The van der Waals surface area contributed by atoms with Crippen LogP contribution in [0.5, 0.6) is 0 Å². The molecule has 4 aromatic rings. The summed E-state index contributed by atoms with van der Waals surface area (Å²) in [5.74, 6) is 1.74. The average molecular weight is 747 g/mol. The van der Waals surface area contributed by atoms with E-state index in [1.165, 1.54) is 39.5 Å². The Morgan fingerprint density at radius 3 is 1.67 bits per heavy atom. The predicted molar refractivity (Wildman–Crippen MR) is 197 cm³/mol. The van der Waals surface area contributed by atoms with Crippen LogP contribution in [0, 0.1) is 13.8 Å². The molecule has 278 valence electrons. The van der Waals surface area contributed by atoms with Crippen molar-refractivity contribution in [1.29, 1.82) is 0 Å². The van der Waals surface area contributed by atoms with Crippen LogP contribution in [-0.4, -0.2) is 108 Å². The molecule has 18 nitrogen and oxygen atoms in total. The van der Waals surface area contributed by atoms with Gasteiger partial charge >= 0.3 is 5.69 Å². The number of hydrogen-bond acceptors (Lipinski definition) is 15. The highest BCUT2D eigenvalue weighted by Crippen LogP contribution is 2.39. The first-order valence-electron chi connectivity index (χ1n) is 16.0. The number of amides is 2. The van der Waals surface area contributed by atoms with Crippen molar-refractivity contribution in [3.05, 3.63) is 62.3 Å². The standard InChI is InChI=1S/C24H38N8O4S2.C7H8N4O2/c1-15(31(13-35)11-19-9-27-17(3)29-23(19)25)21(5-7-33)37-38-22(6-8-34)16(2)32(14-36)12-20-10-28-18(4)30-24(20)26;1-10-5-4(8-3-9-5)6(12)11(2)7(10)13/h9-10,13-16,21-22,33-34H,5-8,11-12H2,1-4H3,(H2,25,27,29)(H2,26,28,30);3H,1-2H3,(H,8,9). The number of nitrogen functional groups attached to an aromatic ring is 2. The van der Waals surface area contributed by atoms with Gasteiger partial charge in [0.2, 0.25) is 12.8 Å². The van der Waals surface area contributed by atoms with Gasteiger partial charge in [-0.05, 0) is 40.5 Å². The number of nitrogens with zero attached hydrogens (tertiary/aromatic N) is 9. The van der Waals surface area contributed by atoms with Gasteiger partial charge in [0.25, 0.3) is 5.56 Å². The topological polar surface area (TPSA) is 257 Å². The summed E-state index contributed by atoms with van der Waals surface area (Å²) < 4.78 is 2.37. The quantitative estimate of drug-likeness (QED) is 0.0719. The minimum absolute atomic E-state index is 0.0571. The molecule has 51 heavy (non-hydrogen) atoms. The first kappa shape index (κ1) is 40.9. The number of carbonyl (C=O) groups excluding carboxylic acids is 2. The first-order valence-corrected chi connectivity index (χ1v) is 18.3. The Kier molecular flexibility index (Phi) is 15.4. The number of aryl methyl sites for hydroxylation is 3. The zero-order valence-corrected chi connectivity index (χ0v) is 31.1. The van der Waals surface area contributed by atoms with E-state index in [9.17, 15) is 29.4 Å². The Morgan fingerprint density at radius 2 is 1.27 bits per heavy atom. The number of aliphatic hydroxyl groups excluding tert-OH is 2. The maximum Gasteiger partial charge on any atom is 0.332 e. The molecule has 0 fully saturated rings. The lowest BCUT2D eigenvalue weighted by atomic mass is 10.1. The van der Waals surface area contributed by atoms with Crippen molar-refractivity contribution in [3.8, 4) is 0 Å². The Morgan fingerprint density at radius 1 is 0.824 bits per heavy atom.